The summed E-state index contributed by atoms with van der Waals surface area (Å²) in [6, 6.07) is 3.24. The Morgan fingerprint density at radius 2 is 1.92 bits per heavy atom. The second-order valence-corrected chi connectivity index (χ2v) is 2.82. The number of carboxylic acids is 1. The Bertz CT molecular complexity index is 337. The van der Waals surface area contributed by atoms with E-state index in [1.165, 1.54) is 6.07 Å². The van der Waals surface area contributed by atoms with Gasteiger partial charge >= 0.3 is 5.97 Å². The minimum absolute atomic E-state index is 0. The van der Waals surface area contributed by atoms with E-state index in [-0.39, 0.29) is 18.0 Å². The highest BCUT2D eigenvalue weighted by molar-refractivity contribution is 5.90. The minimum atomic E-state index is -0.928. The summed E-state index contributed by atoms with van der Waals surface area (Å²) in [6.45, 7) is 3.62. The van der Waals surface area contributed by atoms with Crippen LogP contribution in [0.4, 0.5) is 5.69 Å². The van der Waals surface area contributed by atoms with Gasteiger partial charge in [-0.1, -0.05) is 0 Å². The SMILES string of the molecule is Cc1cc(N)cc(C(=O)O)c1C.Cl. The van der Waals surface area contributed by atoms with Crippen molar-refractivity contribution in [3.63, 3.8) is 0 Å². The molecular weight excluding hydrogens is 190 g/mol. The van der Waals surface area contributed by atoms with Crippen molar-refractivity contribution in [2.24, 2.45) is 0 Å². The minimum Gasteiger partial charge on any atom is -0.478 e. The summed E-state index contributed by atoms with van der Waals surface area (Å²) in [5.41, 5.74) is 7.97. The van der Waals surface area contributed by atoms with Crippen molar-refractivity contribution in [3.8, 4) is 0 Å². The Morgan fingerprint density at radius 3 is 2.38 bits per heavy atom. The Morgan fingerprint density at radius 1 is 1.38 bits per heavy atom. The number of carbonyl (C=O) groups is 1. The Hall–Kier alpha value is -1.22. The van der Waals surface area contributed by atoms with Crippen LogP contribution in [0.15, 0.2) is 12.1 Å². The number of benzene rings is 1. The van der Waals surface area contributed by atoms with E-state index in [2.05, 4.69) is 0 Å². The molecule has 3 N–H and O–H groups in total. The molecule has 0 spiro atoms. The van der Waals surface area contributed by atoms with Crippen LogP contribution >= 0.6 is 12.4 Å². The third-order valence-electron chi connectivity index (χ3n) is 1.92. The first-order chi connectivity index (χ1) is 5.52. The summed E-state index contributed by atoms with van der Waals surface area (Å²) >= 11 is 0. The van der Waals surface area contributed by atoms with Crippen LogP contribution in [0.2, 0.25) is 0 Å². The molecule has 13 heavy (non-hydrogen) atoms. The number of carboxylic acid groups (broad SMARTS) is 1. The highest BCUT2D eigenvalue weighted by Crippen LogP contribution is 2.17. The van der Waals surface area contributed by atoms with E-state index in [0.29, 0.717) is 5.69 Å². The van der Waals surface area contributed by atoms with Crippen LogP contribution in [0.3, 0.4) is 0 Å². The lowest BCUT2D eigenvalue weighted by Crippen LogP contribution is -2.02. The van der Waals surface area contributed by atoms with Crippen LogP contribution in [-0.2, 0) is 0 Å². The van der Waals surface area contributed by atoms with E-state index in [9.17, 15) is 4.79 Å². The fourth-order valence-corrected chi connectivity index (χ4v) is 1.11. The lowest BCUT2D eigenvalue weighted by Gasteiger charge is -2.05. The topological polar surface area (TPSA) is 63.3 Å². The van der Waals surface area contributed by atoms with Gasteiger partial charge in [0, 0.05) is 5.69 Å². The van der Waals surface area contributed by atoms with E-state index in [0.717, 1.165) is 11.1 Å². The highest BCUT2D eigenvalue weighted by Gasteiger charge is 2.08. The Balaban J connectivity index is 0.00000144. The molecule has 0 atom stereocenters. The first-order valence-electron chi connectivity index (χ1n) is 3.62. The maximum Gasteiger partial charge on any atom is 0.336 e. The fraction of sp³-hybridized carbons (Fsp3) is 0.222. The number of rotatable bonds is 1. The molecule has 1 rings (SSSR count). The van der Waals surface area contributed by atoms with E-state index in [1.807, 2.05) is 6.92 Å². The molecule has 0 unspecified atom stereocenters. The third-order valence-corrected chi connectivity index (χ3v) is 1.92. The first-order valence-corrected chi connectivity index (χ1v) is 3.62. The molecule has 0 fully saturated rings. The van der Waals surface area contributed by atoms with Crippen LogP contribution in [0, 0.1) is 13.8 Å². The quantitative estimate of drug-likeness (QED) is 0.684. The number of aromatic carboxylic acids is 1. The molecule has 0 bridgehead atoms. The van der Waals surface area contributed by atoms with Crippen molar-refractivity contribution in [1.82, 2.24) is 0 Å². The molecule has 0 aromatic heterocycles. The number of hydrogen-bond donors (Lipinski definition) is 2. The monoisotopic (exact) mass is 201 g/mol. The molecule has 0 saturated carbocycles. The van der Waals surface area contributed by atoms with Gasteiger partial charge in [0.1, 0.15) is 0 Å². The van der Waals surface area contributed by atoms with Crippen LogP contribution in [-0.4, -0.2) is 11.1 Å². The van der Waals surface area contributed by atoms with E-state index in [1.54, 1.807) is 13.0 Å². The van der Waals surface area contributed by atoms with Gasteiger partial charge in [-0.2, -0.15) is 0 Å². The first kappa shape index (κ1) is 11.8. The number of hydrogen-bond acceptors (Lipinski definition) is 2. The van der Waals surface area contributed by atoms with Gasteiger partial charge in [-0.25, -0.2) is 4.79 Å². The summed E-state index contributed by atoms with van der Waals surface area (Å²) < 4.78 is 0. The van der Waals surface area contributed by atoms with E-state index < -0.39 is 5.97 Å². The van der Waals surface area contributed by atoms with E-state index >= 15 is 0 Å². The van der Waals surface area contributed by atoms with Crippen LogP contribution in [0.5, 0.6) is 0 Å². The number of aryl methyl sites for hydroxylation is 1. The second kappa shape index (κ2) is 4.14. The standard InChI is InChI=1S/C9H11NO2.ClH/c1-5-3-7(10)4-8(6(5)2)9(11)12;/h3-4H,10H2,1-2H3,(H,11,12);1H. The Kier molecular flexibility index (Phi) is 3.75. The molecular formula is C9H12ClNO2. The predicted molar refractivity (Wildman–Crippen MR) is 54.5 cm³/mol. The molecule has 0 heterocycles. The Labute approximate surface area is 83.0 Å². The molecule has 0 aliphatic heterocycles. The van der Waals surface area contributed by atoms with Gasteiger partial charge in [-0.05, 0) is 37.1 Å². The zero-order valence-electron chi connectivity index (χ0n) is 7.50. The van der Waals surface area contributed by atoms with Crippen molar-refractivity contribution in [2.45, 2.75) is 13.8 Å². The van der Waals surface area contributed by atoms with Gasteiger partial charge < -0.3 is 10.8 Å². The molecule has 0 radical (unpaired) electrons. The van der Waals surface area contributed by atoms with Gasteiger partial charge in [-0.15, -0.1) is 12.4 Å². The van der Waals surface area contributed by atoms with Gasteiger partial charge in [0.2, 0.25) is 0 Å². The molecule has 1 aromatic rings. The number of nitrogen functional groups attached to an aromatic ring is 1. The number of anilines is 1. The lowest BCUT2D eigenvalue weighted by atomic mass is 10.0. The normalized spacial score (nSPS) is 9.08. The summed E-state index contributed by atoms with van der Waals surface area (Å²) in [5, 5.41) is 8.76. The molecule has 0 aliphatic rings. The van der Waals surface area contributed by atoms with Crippen molar-refractivity contribution in [3.05, 3.63) is 28.8 Å². The smallest absolute Gasteiger partial charge is 0.336 e. The van der Waals surface area contributed by atoms with Crippen molar-refractivity contribution in [2.75, 3.05) is 5.73 Å². The summed E-state index contributed by atoms with van der Waals surface area (Å²) in [6.07, 6.45) is 0. The van der Waals surface area contributed by atoms with Crippen molar-refractivity contribution in [1.29, 1.82) is 0 Å². The van der Waals surface area contributed by atoms with Gasteiger partial charge in [0.15, 0.2) is 0 Å². The molecule has 0 amide bonds. The largest absolute Gasteiger partial charge is 0.478 e. The maximum absolute atomic E-state index is 10.7. The average molecular weight is 202 g/mol. The molecule has 4 heteroatoms. The summed E-state index contributed by atoms with van der Waals surface area (Å²) in [7, 11) is 0. The average Bonchev–Trinajstić information content (AvgIpc) is 1.96. The summed E-state index contributed by atoms with van der Waals surface area (Å²) in [4.78, 5) is 10.7. The fourth-order valence-electron chi connectivity index (χ4n) is 1.11. The van der Waals surface area contributed by atoms with Crippen LogP contribution < -0.4 is 5.73 Å². The molecule has 3 nitrogen and oxygen atoms in total. The van der Waals surface area contributed by atoms with Gasteiger partial charge in [0.25, 0.3) is 0 Å². The molecule has 0 saturated heterocycles. The van der Waals surface area contributed by atoms with Crippen LogP contribution in [0.1, 0.15) is 21.5 Å². The highest BCUT2D eigenvalue weighted by atomic mass is 35.5. The lowest BCUT2D eigenvalue weighted by molar-refractivity contribution is 0.0696. The summed E-state index contributed by atoms with van der Waals surface area (Å²) in [5.74, 6) is -0.928. The van der Waals surface area contributed by atoms with Crippen LogP contribution in [0.25, 0.3) is 0 Å². The zero-order valence-corrected chi connectivity index (χ0v) is 8.31. The maximum atomic E-state index is 10.7. The van der Waals surface area contributed by atoms with E-state index in [4.69, 9.17) is 10.8 Å². The third kappa shape index (κ3) is 2.36. The molecule has 0 aliphatic carbocycles. The molecule has 72 valence electrons. The molecule has 1 aromatic carbocycles. The van der Waals surface area contributed by atoms with Crippen molar-refractivity contribution < 1.29 is 9.90 Å². The predicted octanol–water partition coefficient (Wildman–Crippen LogP) is 2.01. The number of halogens is 1. The van der Waals surface area contributed by atoms with Crippen molar-refractivity contribution >= 4 is 24.1 Å². The van der Waals surface area contributed by atoms with Gasteiger partial charge in [0.05, 0.1) is 5.56 Å². The second-order valence-electron chi connectivity index (χ2n) is 2.82. The van der Waals surface area contributed by atoms with Gasteiger partial charge in [-0.3, -0.25) is 0 Å². The number of nitrogens with two attached hydrogens (primary N) is 1. The zero-order chi connectivity index (χ0) is 9.30.